The highest BCUT2D eigenvalue weighted by Crippen LogP contribution is 2.44. The summed E-state index contributed by atoms with van der Waals surface area (Å²) in [7, 11) is 0. The van der Waals surface area contributed by atoms with Crippen LogP contribution in [0.25, 0.3) is 93.3 Å². The number of benzene rings is 6. The topological polar surface area (TPSA) is 40.1 Å². The minimum absolute atomic E-state index is 0.945. The smallest absolute Gasteiger partial charge is 0.146 e. The fraction of sp³-hybridized carbons (Fsp3) is 0. The van der Waals surface area contributed by atoms with Crippen molar-refractivity contribution >= 4 is 82.0 Å². The second-order valence-electron chi connectivity index (χ2n) is 12.3. The van der Waals surface area contributed by atoms with Crippen molar-refractivity contribution in [3.8, 4) is 11.4 Å². The Hall–Kier alpha value is -6.46. The van der Waals surface area contributed by atoms with Gasteiger partial charge in [-0.15, -0.1) is 0 Å². The SMILES string of the molecule is c1ccc(-n2c3ccccc3c3cc4c5ccc6c(c7ccncc7n7c8ccccc8nc67)c5n(-c5ccccc5)c4cc32)cc1. The van der Waals surface area contributed by atoms with Crippen LogP contribution in [-0.2, 0) is 0 Å². The van der Waals surface area contributed by atoms with Gasteiger partial charge in [0.1, 0.15) is 5.65 Å². The molecule has 5 aromatic heterocycles. The maximum Gasteiger partial charge on any atom is 0.146 e. The van der Waals surface area contributed by atoms with Crippen LogP contribution >= 0.6 is 0 Å². The summed E-state index contributed by atoms with van der Waals surface area (Å²) in [6, 6.07) is 50.1. The number of hydrogen-bond donors (Lipinski definition) is 0. The molecule has 0 aliphatic heterocycles. The standard InChI is InChI=1S/C42H25N5/c1-3-11-26(12-4-1)45-35-17-9-7-15-28(35)32-23-33-29-19-20-31-40(41(29)46(38(33)24-37(32)45)27-13-5-2-6-14-27)30-21-22-43-25-39(30)47-36-18-10-8-16-34(36)44-42(31)47/h1-25H. The summed E-state index contributed by atoms with van der Waals surface area (Å²) >= 11 is 0. The second kappa shape index (κ2) is 9.05. The molecule has 0 saturated heterocycles. The van der Waals surface area contributed by atoms with Gasteiger partial charge in [0.25, 0.3) is 0 Å². The predicted molar refractivity (Wildman–Crippen MR) is 194 cm³/mol. The normalized spacial score (nSPS) is 12.3. The lowest BCUT2D eigenvalue weighted by molar-refractivity contribution is 1.17. The molecule has 0 saturated carbocycles. The molecule has 0 fully saturated rings. The van der Waals surface area contributed by atoms with E-state index in [0.717, 1.165) is 44.3 Å². The third-order valence-corrected chi connectivity index (χ3v) is 9.86. The van der Waals surface area contributed by atoms with Crippen LogP contribution in [0.3, 0.4) is 0 Å². The fourth-order valence-corrected chi connectivity index (χ4v) is 7.95. The summed E-state index contributed by atoms with van der Waals surface area (Å²) in [5.41, 5.74) is 11.1. The molecule has 0 unspecified atom stereocenters. The first-order valence-electron chi connectivity index (χ1n) is 15.9. The summed E-state index contributed by atoms with van der Waals surface area (Å²) < 4.78 is 7.12. The first kappa shape index (κ1) is 24.8. The van der Waals surface area contributed by atoms with Gasteiger partial charge >= 0.3 is 0 Å². The van der Waals surface area contributed by atoms with E-state index in [-0.39, 0.29) is 0 Å². The minimum atomic E-state index is 0.945. The average molecular weight is 600 g/mol. The van der Waals surface area contributed by atoms with Crippen LogP contribution in [0.4, 0.5) is 0 Å². The molecular formula is C42H25N5. The van der Waals surface area contributed by atoms with E-state index in [1.165, 1.54) is 49.0 Å². The zero-order chi connectivity index (χ0) is 30.6. The maximum atomic E-state index is 5.20. The highest BCUT2D eigenvalue weighted by molar-refractivity contribution is 6.29. The molecule has 0 N–H and O–H groups in total. The van der Waals surface area contributed by atoms with Crippen LogP contribution in [0.15, 0.2) is 152 Å². The van der Waals surface area contributed by atoms with Gasteiger partial charge < -0.3 is 9.13 Å². The van der Waals surface area contributed by atoms with Crippen molar-refractivity contribution in [2.24, 2.45) is 0 Å². The Morgan fingerprint density at radius 3 is 1.91 bits per heavy atom. The summed E-state index contributed by atoms with van der Waals surface area (Å²) in [5.74, 6) is 0. The van der Waals surface area contributed by atoms with Gasteiger partial charge in [-0.3, -0.25) is 9.38 Å². The molecule has 5 heterocycles. The molecule has 11 aromatic rings. The van der Waals surface area contributed by atoms with Crippen LogP contribution in [0.1, 0.15) is 0 Å². The maximum absolute atomic E-state index is 5.20. The van der Waals surface area contributed by atoms with Crippen LogP contribution in [0, 0.1) is 0 Å². The van der Waals surface area contributed by atoms with Crippen molar-refractivity contribution in [3.05, 3.63) is 152 Å². The van der Waals surface area contributed by atoms with E-state index in [2.05, 4.69) is 158 Å². The molecule has 0 spiro atoms. The molecule has 5 nitrogen and oxygen atoms in total. The zero-order valence-electron chi connectivity index (χ0n) is 25.2. The van der Waals surface area contributed by atoms with Gasteiger partial charge in [-0.05, 0) is 66.7 Å². The van der Waals surface area contributed by atoms with Crippen molar-refractivity contribution in [1.82, 2.24) is 23.5 Å². The van der Waals surface area contributed by atoms with Crippen molar-refractivity contribution in [3.63, 3.8) is 0 Å². The molecule has 0 amide bonds. The Morgan fingerprint density at radius 2 is 1.09 bits per heavy atom. The molecular weight excluding hydrogens is 574 g/mol. The predicted octanol–water partition coefficient (Wildman–Crippen LogP) is 10.4. The van der Waals surface area contributed by atoms with Gasteiger partial charge in [-0.1, -0.05) is 72.8 Å². The van der Waals surface area contributed by atoms with Crippen LogP contribution < -0.4 is 0 Å². The second-order valence-corrected chi connectivity index (χ2v) is 12.3. The number of hydrogen-bond acceptors (Lipinski definition) is 2. The highest BCUT2D eigenvalue weighted by atomic mass is 15.0. The fourth-order valence-electron chi connectivity index (χ4n) is 7.95. The Labute approximate surface area is 268 Å². The third kappa shape index (κ3) is 3.22. The lowest BCUT2D eigenvalue weighted by Gasteiger charge is -2.13. The van der Waals surface area contributed by atoms with E-state index in [0.29, 0.717) is 0 Å². The number of nitrogens with zero attached hydrogens (tertiary/aromatic N) is 5. The van der Waals surface area contributed by atoms with Gasteiger partial charge in [0, 0.05) is 55.3 Å². The van der Waals surface area contributed by atoms with Crippen molar-refractivity contribution in [1.29, 1.82) is 0 Å². The van der Waals surface area contributed by atoms with E-state index in [9.17, 15) is 0 Å². The largest absolute Gasteiger partial charge is 0.309 e. The summed E-state index contributed by atoms with van der Waals surface area (Å²) in [5, 5.41) is 8.39. The molecule has 5 heteroatoms. The molecule has 0 radical (unpaired) electrons. The molecule has 0 aliphatic carbocycles. The molecule has 6 aromatic carbocycles. The number of aromatic nitrogens is 5. The van der Waals surface area contributed by atoms with Crippen molar-refractivity contribution in [2.75, 3.05) is 0 Å². The molecule has 0 bridgehead atoms. The first-order valence-corrected chi connectivity index (χ1v) is 15.9. The zero-order valence-corrected chi connectivity index (χ0v) is 25.2. The van der Waals surface area contributed by atoms with Gasteiger partial charge in [0.05, 0.1) is 44.8 Å². The van der Waals surface area contributed by atoms with E-state index in [1.807, 2.05) is 12.4 Å². The molecule has 0 aliphatic rings. The monoisotopic (exact) mass is 599 g/mol. The van der Waals surface area contributed by atoms with E-state index in [1.54, 1.807) is 0 Å². The van der Waals surface area contributed by atoms with Crippen LogP contribution in [0.5, 0.6) is 0 Å². The summed E-state index contributed by atoms with van der Waals surface area (Å²) in [4.78, 5) is 9.79. The first-order chi connectivity index (χ1) is 23.3. The average Bonchev–Trinajstić information content (AvgIpc) is 3.79. The van der Waals surface area contributed by atoms with Gasteiger partial charge in [-0.25, -0.2) is 4.98 Å². The van der Waals surface area contributed by atoms with E-state index in [4.69, 9.17) is 4.98 Å². The van der Waals surface area contributed by atoms with Crippen LogP contribution in [0.2, 0.25) is 0 Å². The third-order valence-electron chi connectivity index (χ3n) is 9.86. The van der Waals surface area contributed by atoms with E-state index >= 15 is 0 Å². The quantitative estimate of drug-likeness (QED) is 0.186. The minimum Gasteiger partial charge on any atom is -0.309 e. The number of pyridine rings is 2. The Kier molecular flexibility index (Phi) is 4.78. The Bertz CT molecular complexity index is 3060. The van der Waals surface area contributed by atoms with Crippen LogP contribution in [-0.4, -0.2) is 23.5 Å². The molecule has 0 atom stereocenters. The van der Waals surface area contributed by atoms with Gasteiger partial charge in [0.15, 0.2) is 0 Å². The highest BCUT2D eigenvalue weighted by Gasteiger charge is 2.22. The lowest BCUT2D eigenvalue weighted by Crippen LogP contribution is -1.97. The molecule has 11 rings (SSSR count). The number of rotatable bonds is 2. The number of fused-ring (bicyclic) bond motifs is 15. The number of para-hydroxylation sites is 5. The molecule has 218 valence electrons. The van der Waals surface area contributed by atoms with Crippen molar-refractivity contribution in [2.45, 2.75) is 0 Å². The van der Waals surface area contributed by atoms with Crippen molar-refractivity contribution < 1.29 is 0 Å². The van der Waals surface area contributed by atoms with Gasteiger partial charge in [0.2, 0.25) is 0 Å². The van der Waals surface area contributed by atoms with E-state index < -0.39 is 0 Å². The molecule has 47 heavy (non-hydrogen) atoms. The Balaban J connectivity index is 1.41. The summed E-state index contributed by atoms with van der Waals surface area (Å²) in [6.45, 7) is 0. The lowest BCUT2D eigenvalue weighted by atomic mass is 10.0. The Morgan fingerprint density at radius 1 is 0.426 bits per heavy atom. The number of imidazole rings is 1. The van der Waals surface area contributed by atoms with Gasteiger partial charge in [-0.2, -0.15) is 0 Å². The summed E-state index contributed by atoms with van der Waals surface area (Å²) in [6.07, 6.45) is 3.89.